The van der Waals surface area contributed by atoms with Crippen molar-refractivity contribution in [3.05, 3.63) is 24.3 Å². The molecule has 0 radical (unpaired) electrons. The zero-order chi connectivity index (χ0) is 11.0. The lowest BCUT2D eigenvalue weighted by Crippen LogP contribution is -2.35. The first kappa shape index (κ1) is 13.5. The lowest BCUT2D eigenvalue weighted by Gasteiger charge is -2.11. The smallest absolute Gasteiger partial charge is 0.121 e. The van der Waals surface area contributed by atoms with Gasteiger partial charge in [-0.1, -0.05) is 24.3 Å². The van der Waals surface area contributed by atoms with Crippen LogP contribution in [-0.2, 0) is 0 Å². The van der Waals surface area contributed by atoms with E-state index in [0.29, 0.717) is 10.4 Å². The van der Waals surface area contributed by atoms with Crippen LogP contribution in [-0.4, -0.2) is 12.0 Å². The van der Waals surface area contributed by atoms with Gasteiger partial charge in [-0.25, -0.2) is 0 Å². The van der Waals surface area contributed by atoms with Crippen molar-refractivity contribution in [1.82, 2.24) is 0 Å². The second-order valence-corrected chi connectivity index (χ2v) is 19.4. The number of benzene rings is 1. The summed E-state index contributed by atoms with van der Waals surface area (Å²) in [7, 11) is 0. The molecule has 0 aromatic heterocycles. The fourth-order valence-electron chi connectivity index (χ4n) is 0.848. The maximum Gasteiger partial charge on any atom is 0.372 e. The molecule has 0 nitrogen and oxygen atoms in total. The Kier molecular flexibility index (Phi) is 4.54. The second-order valence-electron chi connectivity index (χ2n) is 2.57. The molecular formula is C6H4Cl6Si2. The van der Waals surface area contributed by atoms with Crippen LogP contribution in [0.2, 0.25) is 0 Å². The molecule has 0 heterocycles. The summed E-state index contributed by atoms with van der Waals surface area (Å²) in [6.07, 6.45) is 0. The van der Waals surface area contributed by atoms with Crippen molar-refractivity contribution in [3.63, 3.8) is 0 Å². The van der Waals surface area contributed by atoms with Gasteiger partial charge in [0.05, 0.1) is 0 Å². The van der Waals surface area contributed by atoms with Crippen LogP contribution >= 0.6 is 66.5 Å². The third-order valence-corrected chi connectivity index (χ3v) is 7.44. The van der Waals surface area contributed by atoms with E-state index in [2.05, 4.69) is 0 Å². The third kappa shape index (κ3) is 3.76. The van der Waals surface area contributed by atoms with Gasteiger partial charge >= 0.3 is 12.0 Å². The van der Waals surface area contributed by atoms with E-state index in [1.165, 1.54) is 0 Å². The molecule has 0 bridgehead atoms. The van der Waals surface area contributed by atoms with Gasteiger partial charge in [-0.15, -0.1) is 66.5 Å². The highest BCUT2D eigenvalue weighted by atomic mass is 35.8. The van der Waals surface area contributed by atoms with E-state index in [4.69, 9.17) is 66.5 Å². The van der Waals surface area contributed by atoms with Crippen molar-refractivity contribution in [3.8, 4) is 0 Å². The van der Waals surface area contributed by atoms with Crippen LogP contribution in [0.15, 0.2) is 24.3 Å². The highest BCUT2D eigenvalue weighted by Crippen LogP contribution is 2.21. The van der Waals surface area contributed by atoms with Gasteiger partial charge in [0, 0.05) is 0 Å². The molecule has 0 N–H and O–H groups in total. The first-order valence-electron chi connectivity index (χ1n) is 3.46. The van der Waals surface area contributed by atoms with E-state index >= 15 is 0 Å². The van der Waals surface area contributed by atoms with E-state index in [0.717, 1.165) is 0 Å². The molecule has 14 heavy (non-hydrogen) atoms. The van der Waals surface area contributed by atoms with E-state index in [9.17, 15) is 0 Å². The molecule has 0 aliphatic heterocycles. The minimum absolute atomic E-state index is 0.689. The third-order valence-electron chi connectivity index (χ3n) is 1.54. The maximum atomic E-state index is 5.81. The fourth-order valence-corrected chi connectivity index (χ4v) is 4.21. The topological polar surface area (TPSA) is 0 Å². The SMILES string of the molecule is Cl[Si](Cl)(Cl)c1ccc([Si](Cl)(Cl)Cl)cc1. The molecule has 78 valence electrons. The molecular weight excluding hydrogens is 341 g/mol. The Morgan fingerprint density at radius 1 is 0.571 bits per heavy atom. The summed E-state index contributed by atoms with van der Waals surface area (Å²) in [6.45, 7) is 0. The average molecular weight is 345 g/mol. The maximum absolute atomic E-state index is 5.81. The Morgan fingerprint density at radius 2 is 0.786 bits per heavy atom. The highest BCUT2D eigenvalue weighted by Gasteiger charge is 2.31. The fraction of sp³-hybridized carbons (Fsp3) is 0. The van der Waals surface area contributed by atoms with Crippen molar-refractivity contribution in [1.29, 1.82) is 0 Å². The van der Waals surface area contributed by atoms with Gasteiger partial charge in [0.25, 0.3) is 0 Å². The van der Waals surface area contributed by atoms with Crippen molar-refractivity contribution in [2.24, 2.45) is 0 Å². The number of hydrogen-bond acceptors (Lipinski definition) is 0. The monoisotopic (exact) mass is 342 g/mol. The predicted octanol–water partition coefficient (Wildman–Crippen LogP) is 3.41. The van der Waals surface area contributed by atoms with Gasteiger partial charge in [0.15, 0.2) is 0 Å². The molecule has 1 aromatic rings. The molecule has 0 atom stereocenters. The largest absolute Gasteiger partial charge is 0.372 e. The van der Waals surface area contributed by atoms with Gasteiger partial charge in [-0.2, -0.15) is 0 Å². The Hall–Kier alpha value is 1.39. The highest BCUT2D eigenvalue weighted by molar-refractivity contribution is 7.70. The van der Waals surface area contributed by atoms with Crippen molar-refractivity contribution in [2.45, 2.75) is 0 Å². The van der Waals surface area contributed by atoms with Gasteiger partial charge in [-0.05, 0) is 10.4 Å². The summed E-state index contributed by atoms with van der Waals surface area (Å²) in [4.78, 5) is 0. The van der Waals surface area contributed by atoms with E-state index in [1.807, 2.05) is 0 Å². The van der Waals surface area contributed by atoms with E-state index in [1.54, 1.807) is 24.3 Å². The first-order chi connectivity index (χ1) is 6.21. The molecule has 0 aliphatic rings. The normalized spacial score (nSPS) is 13.0. The van der Waals surface area contributed by atoms with Crippen LogP contribution in [0.1, 0.15) is 0 Å². The lowest BCUT2D eigenvalue weighted by molar-refractivity contribution is 1.83. The molecule has 0 aliphatic carbocycles. The number of rotatable bonds is 2. The summed E-state index contributed by atoms with van der Waals surface area (Å²) in [5, 5.41) is 1.38. The Bertz CT molecular complexity index is 278. The van der Waals surface area contributed by atoms with Crippen LogP contribution in [0.5, 0.6) is 0 Å². The average Bonchev–Trinajstić information content (AvgIpc) is 2.01. The molecule has 0 saturated heterocycles. The lowest BCUT2D eigenvalue weighted by atomic mass is 10.4. The van der Waals surface area contributed by atoms with E-state index in [-0.39, 0.29) is 0 Å². The van der Waals surface area contributed by atoms with E-state index < -0.39 is 12.0 Å². The molecule has 1 aromatic carbocycles. The van der Waals surface area contributed by atoms with Crippen LogP contribution in [0.25, 0.3) is 0 Å². The molecule has 0 amide bonds. The molecule has 8 heteroatoms. The summed E-state index contributed by atoms with van der Waals surface area (Å²) in [5.41, 5.74) is 0. The first-order valence-corrected chi connectivity index (χ1v) is 13.5. The van der Waals surface area contributed by atoms with Gasteiger partial charge < -0.3 is 0 Å². The minimum atomic E-state index is -2.81. The van der Waals surface area contributed by atoms with Crippen LogP contribution in [0, 0.1) is 0 Å². The molecule has 0 saturated carbocycles. The standard InChI is InChI=1S/C6H4Cl6Si2/c7-13(8,9)5-1-2-6(4-3-5)14(10,11)12/h1-4H. The van der Waals surface area contributed by atoms with Gasteiger partial charge in [0.1, 0.15) is 0 Å². The second kappa shape index (κ2) is 4.72. The summed E-state index contributed by atoms with van der Waals surface area (Å²) in [5.74, 6) is 0. The number of halogens is 6. The van der Waals surface area contributed by atoms with Crippen molar-refractivity contribution in [2.75, 3.05) is 0 Å². The molecule has 0 fully saturated rings. The Morgan fingerprint density at radius 3 is 0.929 bits per heavy atom. The van der Waals surface area contributed by atoms with Crippen molar-refractivity contribution >= 4 is 88.9 Å². The molecule has 1 rings (SSSR count). The van der Waals surface area contributed by atoms with Gasteiger partial charge in [0.2, 0.25) is 0 Å². The van der Waals surface area contributed by atoms with Gasteiger partial charge in [-0.3, -0.25) is 0 Å². The molecule has 0 unspecified atom stereocenters. The quantitative estimate of drug-likeness (QED) is 0.569. The summed E-state index contributed by atoms with van der Waals surface area (Å²) < 4.78 is 0. The summed E-state index contributed by atoms with van der Waals surface area (Å²) in [6, 6.07) is 1.17. The van der Waals surface area contributed by atoms with Crippen molar-refractivity contribution < 1.29 is 0 Å². The Balaban J connectivity index is 3.02. The summed E-state index contributed by atoms with van der Waals surface area (Å²) >= 11 is 34.8. The Labute approximate surface area is 112 Å². The van der Waals surface area contributed by atoms with Crippen LogP contribution in [0.3, 0.4) is 0 Å². The minimum Gasteiger partial charge on any atom is -0.121 e. The zero-order valence-corrected chi connectivity index (χ0v) is 13.1. The zero-order valence-electron chi connectivity index (χ0n) is 6.58. The van der Waals surface area contributed by atoms with Crippen LogP contribution in [0.4, 0.5) is 0 Å². The molecule has 0 spiro atoms. The van der Waals surface area contributed by atoms with Crippen LogP contribution < -0.4 is 10.4 Å². The predicted molar refractivity (Wildman–Crippen MR) is 72.3 cm³/mol. The number of hydrogen-bond donors (Lipinski definition) is 0.